The lowest BCUT2D eigenvalue weighted by Gasteiger charge is -2.34. The molecule has 1 atom stereocenters. The van der Waals surface area contributed by atoms with Crippen LogP contribution in [0.5, 0.6) is 11.5 Å². The molecule has 3 aromatic rings. The second kappa shape index (κ2) is 8.72. The molecule has 0 aromatic heterocycles. The van der Waals surface area contributed by atoms with E-state index < -0.39 is 6.17 Å². The molecule has 0 spiro atoms. The number of amidine groups is 1. The summed E-state index contributed by atoms with van der Waals surface area (Å²) in [5.41, 5.74) is 1.36. The first-order valence-electron chi connectivity index (χ1n) is 10.2. The monoisotopic (exact) mass is 440 g/mol. The number of thioether (sulfide) groups is 1. The van der Waals surface area contributed by atoms with Crippen LogP contribution in [0.3, 0.4) is 0 Å². The molecule has 2 aliphatic heterocycles. The number of hydrogen-bond donors (Lipinski definition) is 1. The summed E-state index contributed by atoms with van der Waals surface area (Å²) in [6, 6.07) is 25.0. The summed E-state index contributed by atoms with van der Waals surface area (Å²) in [4.78, 5) is 18.0. The third-order valence-electron chi connectivity index (χ3n) is 4.99. The maximum atomic E-state index is 13.1. The topological polar surface area (TPSA) is 66.3 Å². The fourth-order valence-corrected chi connectivity index (χ4v) is 4.20. The van der Waals surface area contributed by atoms with Gasteiger partial charge in [0.15, 0.2) is 11.3 Å². The van der Waals surface area contributed by atoms with Crippen molar-refractivity contribution in [2.75, 3.05) is 5.75 Å². The first-order valence-corrected chi connectivity index (χ1v) is 11.1. The van der Waals surface area contributed by atoms with Gasteiger partial charge in [0.25, 0.3) is 5.91 Å². The molecule has 0 radical (unpaired) electrons. The molecule has 158 valence electrons. The van der Waals surface area contributed by atoms with Gasteiger partial charge in [-0.15, -0.1) is 11.7 Å². The molecule has 3 aromatic carbocycles. The lowest BCUT2D eigenvalue weighted by atomic mass is 10.1. The van der Waals surface area contributed by atoms with E-state index in [4.69, 9.17) is 14.8 Å². The fourth-order valence-electron chi connectivity index (χ4n) is 3.61. The van der Waals surface area contributed by atoms with Gasteiger partial charge in [-0.05, 0) is 30.3 Å². The quantitative estimate of drug-likeness (QED) is 0.617. The van der Waals surface area contributed by atoms with Crippen molar-refractivity contribution < 1.29 is 9.53 Å². The van der Waals surface area contributed by atoms with Crippen LogP contribution in [0.1, 0.15) is 11.7 Å². The van der Waals surface area contributed by atoms with Crippen LogP contribution in [0.15, 0.2) is 102 Å². The molecule has 0 fully saturated rings. The Labute approximate surface area is 189 Å². The number of rotatable bonds is 5. The van der Waals surface area contributed by atoms with Gasteiger partial charge in [-0.3, -0.25) is 15.1 Å². The zero-order valence-corrected chi connectivity index (χ0v) is 18.0. The molecule has 32 heavy (non-hydrogen) atoms. The van der Waals surface area contributed by atoms with Crippen LogP contribution in [0.25, 0.3) is 5.70 Å². The minimum Gasteiger partial charge on any atom is -0.457 e. The molecule has 1 amide bonds. The van der Waals surface area contributed by atoms with Crippen molar-refractivity contribution in [3.63, 3.8) is 0 Å². The van der Waals surface area contributed by atoms with Gasteiger partial charge in [0, 0.05) is 16.5 Å². The molecule has 2 heterocycles. The van der Waals surface area contributed by atoms with E-state index in [0.29, 0.717) is 22.4 Å². The fraction of sp³-hybridized carbons (Fsp3) is 0.0800. The second-order valence-corrected chi connectivity index (χ2v) is 8.17. The predicted molar refractivity (Wildman–Crippen MR) is 126 cm³/mol. The maximum absolute atomic E-state index is 13.1. The van der Waals surface area contributed by atoms with Gasteiger partial charge in [-0.2, -0.15) is 0 Å². The third kappa shape index (κ3) is 3.90. The van der Waals surface area contributed by atoms with Gasteiger partial charge >= 0.3 is 0 Å². The Balaban J connectivity index is 1.59. The van der Waals surface area contributed by atoms with Gasteiger partial charge < -0.3 is 4.74 Å². The van der Waals surface area contributed by atoms with E-state index in [-0.39, 0.29) is 5.91 Å². The molecule has 5 rings (SSSR count). The highest BCUT2D eigenvalue weighted by molar-refractivity contribution is 8.14. The van der Waals surface area contributed by atoms with E-state index in [1.54, 1.807) is 11.1 Å². The smallest absolute Gasteiger partial charge is 0.276 e. The Morgan fingerprint density at radius 3 is 2.66 bits per heavy atom. The largest absolute Gasteiger partial charge is 0.457 e. The van der Waals surface area contributed by atoms with Gasteiger partial charge in [-0.25, -0.2) is 5.01 Å². The average molecular weight is 441 g/mol. The van der Waals surface area contributed by atoms with Gasteiger partial charge in [0.2, 0.25) is 0 Å². The van der Waals surface area contributed by atoms with E-state index in [9.17, 15) is 4.79 Å². The number of ether oxygens (including phenoxy) is 1. The summed E-state index contributed by atoms with van der Waals surface area (Å²) >= 11 is 1.42. The van der Waals surface area contributed by atoms with Crippen LogP contribution in [0.4, 0.5) is 0 Å². The number of carbonyl (C=O) groups is 1. The Morgan fingerprint density at radius 2 is 1.81 bits per heavy atom. The van der Waals surface area contributed by atoms with Crippen molar-refractivity contribution in [2.24, 2.45) is 10.1 Å². The van der Waals surface area contributed by atoms with Gasteiger partial charge in [0.05, 0.1) is 5.36 Å². The van der Waals surface area contributed by atoms with E-state index in [0.717, 1.165) is 21.9 Å². The number of fused-ring (bicyclic) bond motifs is 2. The molecule has 0 saturated heterocycles. The van der Waals surface area contributed by atoms with Crippen molar-refractivity contribution in [2.45, 2.75) is 6.17 Å². The van der Waals surface area contributed by atoms with Gasteiger partial charge in [0.1, 0.15) is 17.2 Å². The number of hydrogen-bond acceptors (Lipinski definition) is 6. The molecular formula is C25H20N4O2S. The Morgan fingerprint density at radius 1 is 1.03 bits per heavy atom. The Kier molecular flexibility index (Phi) is 5.47. The van der Waals surface area contributed by atoms with Crippen LogP contribution in [-0.4, -0.2) is 21.8 Å². The average Bonchev–Trinajstić information content (AvgIpc) is 2.83. The van der Waals surface area contributed by atoms with E-state index >= 15 is 0 Å². The molecule has 0 saturated carbocycles. The van der Waals surface area contributed by atoms with Crippen molar-refractivity contribution in [3.05, 3.63) is 108 Å². The number of amides is 1. The lowest BCUT2D eigenvalue weighted by Crippen LogP contribution is -2.50. The number of carbonyl (C=O) groups excluding carboxylic acids is 1. The van der Waals surface area contributed by atoms with Crippen molar-refractivity contribution in [3.8, 4) is 11.5 Å². The standard InChI is InChI=1S/C25H20N4O2S/c1-2-15-32-25-27-24(30)22-20-13-6-7-14-21(20)26-23(29(22)28-25)17-9-8-12-19(16-17)31-18-10-4-3-5-11-18/h2-14,16,23H,1,15H2,(H,27,28,30)/t23-/m0/s1. The molecule has 7 heteroatoms. The Hall–Kier alpha value is -3.84. The molecule has 0 unspecified atom stereocenters. The zero-order chi connectivity index (χ0) is 21.9. The minimum absolute atomic E-state index is 0.199. The zero-order valence-electron chi connectivity index (χ0n) is 17.1. The molecule has 1 N–H and O–H groups in total. The molecule has 0 bridgehead atoms. The lowest BCUT2D eigenvalue weighted by molar-refractivity contribution is -0.116. The minimum atomic E-state index is -0.496. The number of hydrazone groups is 1. The normalized spacial score (nSPS) is 16.8. The van der Waals surface area contributed by atoms with Crippen LogP contribution in [0.2, 0.25) is 0 Å². The summed E-state index contributed by atoms with van der Waals surface area (Å²) in [5.74, 6) is 1.88. The first-order chi connectivity index (χ1) is 15.7. The van der Waals surface area contributed by atoms with Crippen LogP contribution >= 0.6 is 11.8 Å². The highest BCUT2D eigenvalue weighted by Gasteiger charge is 2.34. The van der Waals surface area contributed by atoms with Crippen LogP contribution in [-0.2, 0) is 4.79 Å². The summed E-state index contributed by atoms with van der Waals surface area (Å²) in [7, 11) is 0. The van der Waals surface area contributed by atoms with Crippen molar-refractivity contribution in [1.29, 1.82) is 0 Å². The van der Waals surface area contributed by atoms with E-state index in [2.05, 4.69) is 11.9 Å². The summed E-state index contributed by atoms with van der Waals surface area (Å²) < 4.78 is 6.01. The SMILES string of the molecule is C=CCSC1=NN2C(=c3ccccc3=N[C@@H]2c2cccc(Oc3ccccc3)c2)C(=O)N1. The summed E-state index contributed by atoms with van der Waals surface area (Å²) in [5, 5.41) is 11.4. The molecule has 2 aliphatic rings. The maximum Gasteiger partial charge on any atom is 0.276 e. The molecule has 0 aliphatic carbocycles. The van der Waals surface area contributed by atoms with Crippen LogP contribution in [0, 0.1) is 0 Å². The van der Waals surface area contributed by atoms with E-state index in [1.807, 2.05) is 78.9 Å². The number of nitrogens with one attached hydrogen (secondary N) is 1. The number of nitrogens with zero attached hydrogens (tertiary/aromatic N) is 3. The van der Waals surface area contributed by atoms with E-state index in [1.165, 1.54) is 11.8 Å². The number of benzene rings is 3. The first kappa shape index (κ1) is 20.1. The van der Waals surface area contributed by atoms with Crippen molar-refractivity contribution in [1.82, 2.24) is 10.3 Å². The Bertz CT molecular complexity index is 1340. The highest BCUT2D eigenvalue weighted by atomic mass is 32.2. The predicted octanol–water partition coefficient (Wildman–Crippen LogP) is 3.54. The third-order valence-corrected chi connectivity index (χ3v) is 5.85. The second-order valence-electron chi connectivity index (χ2n) is 7.16. The van der Waals surface area contributed by atoms with Crippen LogP contribution < -0.4 is 20.6 Å². The number of para-hydroxylation sites is 2. The summed E-state index contributed by atoms with van der Waals surface area (Å²) in [6.07, 6.45) is 1.28. The van der Waals surface area contributed by atoms with Gasteiger partial charge in [-0.1, -0.05) is 66.4 Å². The summed E-state index contributed by atoms with van der Waals surface area (Å²) in [6.45, 7) is 3.74. The molecular weight excluding hydrogens is 420 g/mol. The highest BCUT2D eigenvalue weighted by Crippen LogP contribution is 2.33. The molecule has 6 nitrogen and oxygen atoms in total. The van der Waals surface area contributed by atoms with Crippen molar-refractivity contribution >= 4 is 28.5 Å².